The van der Waals surface area contributed by atoms with Crippen LogP contribution in [0, 0.1) is 0 Å². The van der Waals surface area contributed by atoms with Crippen molar-refractivity contribution in [2.24, 2.45) is 0 Å². The van der Waals surface area contributed by atoms with E-state index >= 15 is 0 Å². The van der Waals surface area contributed by atoms with Crippen molar-refractivity contribution in [1.29, 1.82) is 0 Å². The van der Waals surface area contributed by atoms with Gasteiger partial charge in [0.2, 0.25) is 0 Å². The minimum Gasteiger partial charge on any atom is -0.309 e. The third kappa shape index (κ3) is 5.43. The number of aromatic nitrogens is 2. The Morgan fingerprint density at radius 1 is 0.298 bits per heavy atom. The molecule has 0 aliphatic heterocycles. The van der Waals surface area contributed by atoms with Gasteiger partial charge in [0.25, 0.3) is 0 Å². The zero-order valence-electron chi connectivity index (χ0n) is 31.2. The van der Waals surface area contributed by atoms with Crippen molar-refractivity contribution in [2.75, 3.05) is 4.90 Å². The van der Waals surface area contributed by atoms with E-state index < -0.39 is 0 Å². The van der Waals surface area contributed by atoms with E-state index in [4.69, 9.17) is 0 Å². The lowest BCUT2D eigenvalue weighted by atomic mass is 10.00. The van der Waals surface area contributed by atoms with E-state index in [1.54, 1.807) is 0 Å². The molecule has 3 heteroatoms. The molecule has 0 radical (unpaired) electrons. The van der Waals surface area contributed by atoms with E-state index in [1.807, 2.05) is 0 Å². The zero-order valence-corrected chi connectivity index (χ0v) is 31.2. The first-order chi connectivity index (χ1) is 28.3. The molecule has 0 fully saturated rings. The maximum atomic E-state index is 2.45. The van der Waals surface area contributed by atoms with Gasteiger partial charge in [-0.2, -0.15) is 0 Å². The van der Waals surface area contributed by atoms with Gasteiger partial charge in [0.05, 0.1) is 33.4 Å². The van der Waals surface area contributed by atoms with Crippen LogP contribution in [0.3, 0.4) is 0 Å². The van der Waals surface area contributed by atoms with Crippen LogP contribution in [-0.4, -0.2) is 9.13 Å². The number of para-hydroxylation sites is 5. The maximum Gasteiger partial charge on any atom is 0.0562 e. The van der Waals surface area contributed by atoms with Gasteiger partial charge in [-0.1, -0.05) is 152 Å². The van der Waals surface area contributed by atoms with Crippen molar-refractivity contribution < 1.29 is 0 Å². The van der Waals surface area contributed by atoms with Crippen molar-refractivity contribution in [3.8, 4) is 33.6 Å². The Labute approximate surface area is 331 Å². The second-order valence-corrected chi connectivity index (χ2v) is 14.5. The lowest BCUT2D eigenvalue weighted by Crippen LogP contribution is -2.11. The third-order valence-corrected chi connectivity index (χ3v) is 11.3. The summed E-state index contributed by atoms with van der Waals surface area (Å²) in [4.78, 5) is 2.45. The highest BCUT2D eigenvalue weighted by atomic mass is 15.2. The second-order valence-electron chi connectivity index (χ2n) is 14.5. The van der Waals surface area contributed by atoms with Gasteiger partial charge < -0.3 is 14.0 Å². The second kappa shape index (κ2) is 13.6. The molecule has 3 nitrogen and oxygen atoms in total. The minimum atomic E-state index is 1.09. The molecule has 0 bridgehead atoms. The molecule has 268 valence electrons. The fraction of sp³-hybridized carbons (Fsp3) is 0. The van der Waals surface area contributed by atoms with Crippen LogP contribution in [0.15, 0.2) is 224 Å². The highest BCUT2D eigenvalue weighted by Crippen LogP contribution is 2.47. The molecule has 11 aromatic rings. The Bertz CT molecular complexity index is 3210. The minimum absolute atomic E-state index is 1.09. The molecule has 0 atom stereocenters. The lowest BCUT2D eigenvalue weighted by Gasteiger charge is -2.29. The number of anilines is 3. The fourth-order valence-corrected chi connectivity index (χ4v) is 8.79. The Kier molecular flexibility index (Phi) is 7.82. The molecule has 0 amide bonds. The topological polar surface area (TPSA) is 13.1 Å². The number of rotatable bonds is 7. The number of benzene rings is 9. The largest absolute Gasteiger partial charge is 0.309 e. The lowest BCUT2D eigenvalue weighted by molar-refractivity contribution is 1.18. The average molecular weight is 728 g/mol. The summed E-state index contributed by atoms with van der Waals surface area (Å²) in [5.74, 6) is 0. The summed E-state index contributed by atoms with van der Waals surface area (Å²) in [5.41, 5.74) is 15.1. The molecule has 11 rings (SSSR count). The van der Waals surface area contributed by atoms with Crippen molar-refractivity contribution in [2.45, 2.75) is 0 Å². The molecule has 9 aromatic carbocycles. The number of fused-ring (bicyclic) bond motifs is 6. The van der Waals surface area contributed by atoms with Gasteiger partial charge in [-0.05, 0) is 89.5 Å². The summed E-state index contributed by atoms with van der Waals surface area (Å²) >= 11 is 0. The predicted molar refractivity (Wildman–Crippen MR) is 241 cm³/mol. The van der Waals surface area contributed by atoms with Crippen molar-refractivity contribution >= 4 is 60.7 Å². The van der Waals surface area contributed by atoms with Crippen LogP contribution in [-0.2, 0) is 0 Å². The molecule has 0 spiro atoms. The van der Waals surface area contributed by atoms with Crippen LogP contribution in [0.5, 0.6) is 0 Å². The zero-order chi connectivity index (χ0) is 37.7. The quantitative estimate of drug-likeness (QED) is 0.159. The van der Waals surface area contributed by atoms with Crippen molar-refractivity contribution in [1.82, 2.24) is 9.13 Å². The summed E-state index contributed by atoms with van der Waals surface area (Å²) in [7, 11) is 0. The molecule has 0 aliphatic rings. The number of hydrogen-bond acceptors (Lipinski definition) is 1. The summed E-state index contributed by atoms with van der Waals surface area (Å²) in [6.07, 6.45) is 0. The van der Waals surface area contributed by atoms with Gasteiger partial charge in [-0.3, -0.25) is 0 Å². The van der Waals surface area contributed by atoms with Crippen LogP contribution in [0.2, 0.25) is 0 Å². The number of nitrogens with zero attached hydrogens (tertiary/aromatic N) is 3. The maximum absolute atomic E-state index is 2.45. The highest BCUT2D eigenvalue weighted by Gasteiger charge is 2.23. The van der Waals surface area contributed by atoms with E-state index in [-0.39, 0.29) is 0 Å². The van der Waals surface area contributed by atoms with Gasteiger partial charge in [0.15, 0.2) is 0 Å². The van der Waals surface area contributed by atoms with Crippen molar-refractivity contribution in [3.63, 3.8) is 0 Å². The SMILES string of the molecule is c1ccc(-c2ccccc2N(c2ccc(-c3ccc4c5ccccc5n(-c5ccccc5)c4c3)cc2)c2cccc3c2c2ccccc2n3-c2ccccc2)cc1. The Morgan fingerprint density at radius 3 is 1.53 bits per heavy atom. The van der Waals surface area contributed by atoms with E-state index in [0.29, 0.717) is 0 Å². The standard InChI is InChI=1S/C54H37N3/c1-4-17-39(18-5-1)44-23-10-13-26-48(44)56(52-30-16-29-51-54(52)47-25-12-15-28-50(47)55(51)41-19-6-2-7-20-41)43-34-31-38(32-35-43)40-33-36-46-45-24-11-14-27-49(45)57(53(46)37-40)42-21-8-3-9-22-42/h1-37H. The van der Waals surface area contributed by atoms with Gasteiger partial charge >= 0.3 is 0 Å². The van der Waals surface area contributed by atoms with Crippen LogP contribution in [0.4, 0.5) is 17.1 Å². The molecule has 2 aromatic heterocycles. The van der Waals surface area contributed by atoms with Gasteiger partial charge in [0.1, 0.15) is 0 Å². The molecular weight excluding hydrogens is 691 g/mol. The molecule has 57 heavy (non-hydrogen) atoms. The summed E-state index contributed by atoms with van der Waals surface area (Å²) < 4.78 is 4.78. The van der Waals surface area contributed by atoms with E-state index in [9.17, 15) is 0 Å². The van der Waals surface area contributed by atoms with E-state index in [0.717, 1.165) is 28.4 Å². The molecule has 0 unspecified atom stereocenters. The molecule has 0 saturated heterocycles. The van der Waals surface area contributed by atoms with Crippen LogP contribution < -0.4 is 4.90 Å². The molecule has 0 N–H and O–H groups in total. The number of hydrogen-bond donors (Lipinski definition) is 0. The highest BCUT2D eigenvalue weighted by molar-refractivity contribution is 6.17. The Hall–Kier alpha value is -7.62. The Balaban J connectivity index is 1.11. The molecular formula is C54H37N3. The molecule has 0 aliphatic carbocycles. The van der Waals surface area contributed by atoms with Crippen LogP contribution in [0.25, 0.3) is 77.2 Å². The van der Waals surface area contributed by atoms with Crippen LogP contribution in [0.1, 0.15) is 0 Å². The smallest absolute Gasteiger partial charge is 0.0562 e. The van der Waals surface area contributed by atoms with Gasteiger partial charge in [-0.15, -0.1) is 0 Å². The third-order valence-electron chi connectivity index (χ3n) is 11.3. The Morgan fingerprint density at radius 2 is 0.807 bits per heavy atom. The van der Waals surface area contributed by atoms with Crippen molar-refractivity contribution in [3.05, 3.63) is 224 Å². The van der Waals surface area contributed by atoms with E-state index in [2.05, 4.69) is 238 Å². The normalized spacial score (nSPS) is 11.5. The summed E-state index contributed by atoms with van der Waals surface area (Å²) in [6, 6.07) is 81.1. The van der Waals surface area contributed by atoms with Gasteiger partial charge in [-0.25, -0.2) is 0 Å². The summed E-state index contributed by atoms with van der Waals surface area (Å²) in [6.45, 7) is 0. The first-order valence-corrected chi connectivity index (χ1v) is 19.5. The predicted octanol–water partition coefficient (Wildman–Crippen LogP) is 14.7. The first kappa shape index (κ1) is 32.8. The first-order valence-electron chi connectivity index (χ1n) is 19.5. The fourth-order valence-electron chi connectivity index (χ4n) is 8.79. The average Bonchev–Trinajstić information content (AvgIpc) is 3.81. The molecule has 0 saturated carbocycles. The monoisotopic (exact) mass is 727 g/mol. The summed E-state index contributed by atoms with van der Waals surface area (Å²) in [5, 5.41) is 4.94. The van der Waals surface area contributed by atoms with Crippen LogP contribution >= 0.6 is 0 Å². The van der Waals surface area contributed by atoms with Gasteiger partial charge in [0, 0.05) is 44.2 Å². The molecule has 2 heterocycles. The van der Waals surface area contributed by atoms with E-state index in [1.165, 1.54) is 65.9 Å².